The zero-order valence-electron chi connectivity index (χ0n) is 12.1. The zero-order valence-corrected chi connectivity index (χ0v) is 12.1. The molecule has 0 N–H and O–H groups in total. The van der Waals surface area contributed by atoms with Gasteiger partial charge < -0.3 is 0 Å². The predicted octanol–water partition coefficient (Wildman–Crippen LogP) is 4.91. The SMILES string of the molecule is O=C1CCCCC1C1CC=C(c2cccc(F)c2F)CC1. The molecule has 1 nitrogen and oxygen atoms in total. The molecule has 0 aromatic heterocycles. The Hall–Kier alpha value is -1.51. The fourth-order valence-electron chi connectivity index (χ4n) is 3.72. The van der Waals surface area contributed by atoms with E-state index in [1.54, 1.807) is 12.1 Å². The average Bonchev–Trinajstić information content (AvgIpc) is 2.51. The first-order valence-electron chi connectivity index (χ1n) is 7.83. The van der Waals surface area contributed by atoms with E-state index in [0.29, 0.717) is 17.3 Å². The summed E-state index contributed by atoms with van der Waals surface area (Å²) >= 11 is 0. The molecule has 1 fully saturated rings. The van der Waals surface area contributed by atoms with Crippen molar-refractivity contribution in [3.05, 3.63) is 41.5 Å². The van der Waals surface area contributed by atoms with Gasteiger partial charge in [0, 0.05) is 17.9 Å². The fraction of sp³-hybridized carbons (Fsp3) is 0.500. The molecule has 0 radical (unpaired) electrons. The lowest BCUT2D eigenvalue weighted by atomic mass is 9.72. The number of allylic oxidation sites excluding steroid dienone is 2. The lowest BCUT2D eigenvalue weighted by molar-refractivity contribution is -0.126. The smallest absolute Gasteiger partial charge is 0.166 e. The standard InChI is InChI=1S/C18H20F2O/c19-16-6-3-5-15(18(16)20)13-10-8-12(9-11-13)14-4-1-2-7-17(14)21/h3,5-6,10,12,14H,1-2,4,7-9,11H2. The Balaban J connectivity index is 1.74. The first-order valence-corrected chi connectivity index (χ1v) is 7.83. The normalized spacial score (nSPS) is 26.6. The molecule has 1 aromatic rings. The first kappa shape index (κ1) is 14.4. The highest BCUT2D eigenvalue weighted by atomic mass is 19.2. The van der Waals surface area contributed by atoms with Crippen LogP contribution < -0.4 is 0 Å². The van der Waals surface area contributed by atoms with Crippen LogP contribution in [0.5, 0.6) is 0 Å². The van der Waals surface area contributed by atoms with E-state index in [0.717, 1.165) is 56.6 Å². The molecule has 1 aromatic carbocycles. The van der Waals surface area contributed by atoms with Crippen LogP contribution in [0.15, 0.2) is 24.3 Å². The summed E-state index contributed by atoms with van der Waals surface area (Å²) < 4.78 is 27.1. The van der Waals surface area contributed by atoms with Gasteiger partial charge in [-0.15, -0.1) is 0 Å². The number of Topliss-reactive ketones (excluding diaryl/α,β-unsaturated/α-hetero) is 1. The van der Waals surface area contributed by atoms with Crippen molar-refractivity contribution in [2.75, 3.05) is 0 Å². The van der Waals surface area contributed by atoms with Gasteiger partial charge in [0.25, 0.3) is 0 Å². The Kier molecular flexibility index (Phi) is 4.18. The molecule has 3 heteroatoms. The number of ketones is 1. The molecule has 2 aliphatic carbocycles. The van der Waals surface area contributed by atoms with E-state index in [-0.39, 0.29) is 5.92 Å². The Morgan fingerprint density at radius 2 is 1.90 bits per heavy atom. The molecule has 0 saturated heterocycles. The molecule has 2 aliphatic rings. The summed E-state index contributed by atoms with van der Waals surface area (Å²) in [5.74, 6) is -0.568. The quantitative estimate of drug-likeness (QED) is 0.756. The zero-order chi connectivity index (χ0) is 14.8. The van der Waals surface area contributed by atoms with Gasteiger partial charge in [-0.25, -0.2) is 8.78 Å². The second-order valence-electron chi connectivity index (χ2n) is 6.18. The van der Waals surface area contributed by atoms with Crippen molar-refractivity contribution < 1.29 is 13.6 Å². The molecule has 2 unspecified atom stereocenters. The highest BCUT2D eigenvalue weighted by Crippen LogP contribution is 2.39. The Morgan fingerprint density at radius 1 is 1.05 bits per heavy atom. The number of halogens is 2. The predicted molar refractivity (Wildman–Crippen MR) is 78.6 cm³/mol. The van der Waals surface area contributed by atoms with Gasteiger partial charge in [0.1, 0.15) is 5.78 Å². The summed E-state index contributed by atoms with van der Waals surface area (Å²) in [4.78, 5) is 12.0. The molecular formula is C18H20F2O. The molecule has 112 valence electrons. The van der Waals surface area contributed by atoms with Gasteiger partial charge in [-0.05, 0) is 49.7 Å². The highest BCUT2D eigenvalue weighted by molar-refractivity contribution is 5.82. The van der Waals surface area contributed by atoms with Gasteiger partial charge in [0.05, 0.1) is 0 Å². The molecule has 0 amide bonds. The van der Waals surface area contributed by atoms with E-state index in [4.69, 9.17) is 0 Å². The van der Waals surface area contributed by atoms with Gasteiger partial charge in [-0.1, -0.05) is 24.6 Å². The molecule has 2 atom stereocenters. The lowest BCUT2D eigenvalue weighted by Crippen LogP contribution is -2.28. The minimum atomic E-state index is -0.794. The van der Waals surface area contributed by atoms with E-state index in [2.05, 4.69) is 0 Å². The number of carbonyl (C=O) groups is 1. The summed E-state index contributed by atoms with van der Waals surface area (Å²) in [5.41, 5.74) is 1.26. The summed E-state index contributed by atoms with van der Waals surface area (Å²) in [7, 11) is 0. The minimum absolute atomic E-state index is 0.189. The average molecular weight is 290 g/mol. The monoisotopic (exact) mass is 290 g/mol. The van der Waals surface area contributed by atoms with E-state index in [9.17, 15) is 13.6 Å². The Labute approximate surface area is 124 Å². The number of hydrogen-bond donors (Lipinski definition) is 0. The maximum atomic E-state index is 13.8. The van der Waals surface area contributed by atoms with Crippen LogP contribution in [0, 0.1) is 23.5 Å². The molecule has 1 saturated carbocycles. The molecule has 0 bridgehead atoms. The Morgan fingerprint density at radius 3 is 2.62 bits per heavy atom. The van der Waals surface area contributed by atoms with Crippen LogP contribution in [0.3, 0.4) is 0 Å². The third-order valence-electron chi connectivity index (χ3n) is 4.92. The largest absolute Gasteiger partial charge is 0.299 e. The third kappa shape index (κ3) is 2.92. The van der Waals surface area contributed by atoms with Gasteiger partial charge in [0.15, 0.2) is 11.6 Å². The molecule has 0 aliphatic heterocycles. The summed E-state index contributed by atoms with van der Waals surface area (Å²) in [6, 6.07) is 4.33. The van der Waals surface area contributed by atoms with Crippen molar-refractivity contribution in [3.63, 3.8) is 0 Å². The van der Waals surface area contributed by atoms with E-state index in [1.807, 2.05) is 6.08 Å². The van der Waals surface area contributed by atoms with Crippen LogP contribution >= 0.6 is 0 Å². The topological polar surface area (TPSA) is 17.1 Å². The van der Waals surface area contributed by atoms with Gasteiger partial charge in [0.2, 0.25) is 0 Å². The highest BCUT2D eigenvalue weighted by Gasteiger charge is 2.31. The van der Waals surface area contributed by atoms with Crippen molar-refractivity contribution in [2.45, 2.75) is 44.9 Å². The van der Waals surface area contributed by atoms with E-state index in [1.165, 1.54) is 0 Å². The van der Waals surface area contributed by atoms with Crippen LogP contribution in [-0.2, 0) is 4.79 Å². The molecular weight excluding hydrogens is 270 g/mol. The van der Waals surface area contributed by atoms with Crippen molar-refractivity contribution in [3.8, 4) is 0 Å². The summed E-state index contributed by atoms with van der Waals surface area (Å²) in [6.07, 6.45) is 8.33. The van der Waals surface area contributed by atoms with Gasteiger partial charge in [-0.2, -0.15) is 0 Å². The molecule has 0 spiro atoms. The van der Waals surface area contributed by atoms with Gasteiger partial charge >= 0.3 is 0 Å². The summed E-state index contributed by atoms with van der Waals surface area (Å²) in [6.45, 7) is 0. The van der Waals surface area contributed by atoms with Crippen LogP contribution in [0.4, 0.5) is 8.78 Å². The molecule has 0 heterocycles. The van der Waals surface area contributed by atoms with Crippen LogP contribution in [0.25, 0.3) is 5.57 Å². The second-order valence-corrected chi connectivity index (χ2v) is 6.18. The first-order chi connectivity index (χ1) is 10.2. The third-order valence-corrected chi connectivity index (χ3v) is 4.92. The molecule has 21 heavy (non-hydrogen) atoms. The minimum Gasteiger partial charge on any atom is -0.299 e. The van der Waals surface area contributed by atoms with Crippen molar-refractivity contribution in [1.29, 1.82) is 0 Å². The number of benzene rings is 1. The lowest BCUT2D eigenvalue weighted by Gasteiger charge is -2.31. The number of hydrogen-bond acceptors (Lipinski definition) is 1. The van der Waals surface area contributed by atoms with Crippen LogP contribution in [0.1, 0.15) is 50.5 Å². The fourth-order valence-corrected chi connectivity index (χ4v) is 3.72. The van der Waals surface area contributed by atoms with Gasteiger partial charge in [-0.3, -0.25) is 4.79 Å². The number of rotatable bonds is 2. The maximum absolute atomic E-state index is 13.8. The molecule has 3 rings (SSSR count). The van der Waals surface area contributed by atoms with Crippen molar-refractivity contribution in [2.24, 2.45) is 11.8 Å². The summed E-state index contributed by atoms with van der Waals surface area (Å²) in [5, 5.41) is 0. The van der Waals surface area contributed by atoms with Crippen LogP contribution in [0.2, 0.25) is 0 Å². The van der Waals surface area contributed by atoms with E-state index < -0.39 is 11.6 Å². The number of carbonyl (C=O) groups excluding carboxylic acids is 1. The second kappa shape index (κ2) is 6.08. The van der Waals surface area contributed by atoms with Crippen molar-refractivity contribution >= 4 is 11.4 Å². The van der Waals surface area contributed by atoms with Crippen molar-refractivity contribution in [1.82, 2.24) is 0 Å². The Bertz CT molecular complexity index is 577. The maximum Gasteiger partial charge on any atom is 0.166 e. The van der Waals surface area contributed by atoms with Crippen LogP contribution in [-0.4, -0.2) is 5.78 Å². The van der Waals surface area contributed by atoms with E-state index >= 15 is 0 Å².